The molecule has 0 saturated carbocycles. The largest absolute Gasteiger partial charge is 0.489 e. The fourth-order valence-corrected chi connectivity index (χ4v) is 4.12. The maximum Gasteiger partial charge on any atom is 0.264 e. The molecule has 1 aromatic rings. The van der Waals surface area contributed by atoms with Crippen molar-refractivity contribution in [1.29, 1.82) is 0 Å². The minimum atomic E-state index is -4.24. The van der Waals surface area contributed by atoms with Gasteiger partial charge in [-0.1, -0.05) is 13.8 Å². The van der Waals surface area contributed by atoms with Crippen molar-refractivity contribution in [3.63, 3.8) is 0 Å². The lowest BCUT2D eigenvalue weighted by atomic mass is 10.0. The lowest BCUT2D eigenvalue weighted by molar-refractivity contribution is 0.0938. The molecule has 16 heteroatoms. The SMILES string of the molecule is CC(C)C(=O)c1cc(OCCCS(=O)(=O)O)c(OCCCS(=O)(=O)O)c(OCCCS(=O)(=O)O)c1. The molecule has 0 bridgehead atoms. The van der Waals surface area contributed by atoms with Crippen LogP contribution >= 0.6 is 0 Å². The molecule has 0 unspecified atom stereocenters. The maximum absolute atomic E-state index is 12.6. The molecular weight excluding hydrogens is 532 g/mol. The summed E-state index contributed by atoms with van der Waals surface area (Å²) in [7, 11) is -12.7. The second-order valence-corrected chi connectivity index (χ2v) is 12.5. The molecule has 0 spiro atoms. The molecule has 0 aliphatic carbocycles. The van der Waals surface area contributed by atoms with Crippen LogP contribution in [0.2, 0.25) is 0 Å². The van der Waals surface area contributed by atoms with Crippen LogP contribution in [-0.4, -0.2) is 81.8 Å². The average Bonchev–Trinajstić information content (AvgIpc) is 2.69. The number of ketones is 1. The Hall–Kier alpha value is -1.98. The normalized spacial score (nSPS) is 12.5. The number of carbonyl (C=O) groups is 1. The predicted molar refractivity (Wildman–Crippen MR) is 125 cm³/mol. The van der Waals surface area contributed by atoms with Gasteiger partial charge in [-0.05, 0) is 31.4 Å². The molecule has 0 saturated heterocycles. The third-order valence-electron chi connectivity index (χ3n) is 4.23. The predicted octanol–water partition coefficient (Wildman–Crippen LogP) is 1.50. The number of hydrogen-bond donors (Lipinski definition) is 3. The van der Waals surface area contributed by atoms with E-state index in [-0.39, 0.29) is 67.7 Å². The van der Waals surface area contributed by atoms with Crippen molar-refractivity contribution in [3.8, 4) is 17.2 Å². The highest BCUT2D eigenvalue weighted by Gasteiger charge is 2.21. The zero-order valence-electron chi connectivity index (χ0n) is 19.2. The van der Waals surface area contributed by atoms with E-state index in [1.165, 1.54) is 12.1 Å². The second kappa shape index (κ2) is 13.4. The first-order chi connectivity index (χ1) is 16.0. The molecule has 0 aromatic heterocycles. The fraction of sp³-hybridized carbons (Fsp3) is 0.632. The lowest BCUT2D eigenvalue weighted by Gasteiger charge is -2.19. The van der Waals surface area contributed by atoms with Gasteiger partial charge in [0.2, 0.25) is 5.75 Å². The molecule has 0 fully saturated rings. The highest BCUT2D eigenvalue weighted by molar-refractivity contribution is 7.86. The third-order valence-corrected chi connectivity index (χ3v) is 6.64. The van der Waals surface area contributed by atoms with E-state index in [4.69, 9.17) is 27.9 Å². The summed E-state index contributed by atoms with van der Waals surface area (Å²) >= 11 is 0. The molecule has 35 heavy (non-hydrogen) atoms. The number of carbonyl (C=O) groups excluding carboxylic acids is 1. The molecule has 1 rings (SSSR count). The average molecular weight is 563 g/mol. The molecule has 0 aliphatic rings. The monoisotopic (exact) mass is 562 g/mol. The Morgan fingerprint density at radius 3 is 1.37 bits per heavy atom. The van der Waals surface area contributed by atoms with Crippen LogP contribution in [0.15, 0.2) is 12.1 Å². The summed E-state index contributed by atoms with van der Waals surface area (Å²) in [6, 6.07) is 2.66. The van der Waals surface area contributed by atoms with Crippen LogP contribution in [0.25, 0.3) is 0 Å². The summed E-state index contributed by atoms with van der Waals surface area (Å²) in [5.74, 6) is -2.62. The minimum Gasteiger partial charge on any atom is -0.489 e. The van der Waals surface area contributed by atoms with E-state index in [0.29, 0.717) is 0 Å². The topological polar surface area (TPSA) is 208 Å². The standard InChI is InChI=1S/C19H30O13S3/c1-14(2)18(20)15-12-16(30-6-3-9-33(21,22)23)19(32-8-5-11-35(27,28)29)17(13-15)31-7-4-10-34(24,25)26/h12-14H,3-11H2,1-2H3,(H,21,22,23)(H,24,25,26)(H,27,28,29). The van der Waals surface area contributed by atoms with Crippen LogP contribution in [-0.2, 0) is 30.4 Å². The van der Waals surface area contributed by atoms with Gasteiger partial charge >= 0.3 is 0 Å². The molecule has 1 aromatic carbocycles. The number of rotatable bonds is 17. The second-order valence-electron chi connectivity index (χ2n) is 7.78. The van der Waals surface area contributed by atoms with E-state index < -0.39 is 53.5 Å². The first kappa shape index (κ1) is 31.1. The van der Waals surface area contributed by atoms with E-state index >= 15 is 0 Å². The molecular formula is C19H30O13S3. The smallest absolute Gasteiger partial charge is 0.264 e. The molecule has 0 radical (unpaired) electrons. The third kappa shape index (κ3) is 13.6. The van der Waals surface area contributed by atoms with Crippen molar-refractivity contribution in [3.05, 3.63) is 17.7 Å². The van der Waals surface area contributed by atoms with E-state index in [2.05, 4.69) is 0 Å². The summed E-state index contributed by atoms with van der Waals surface area (Å²) < 4.78 is 109. The Bertz CT molecular complexity index is 1110. The Morgan fingerprint density at radius 2 is 1.06 bits per heavy atom. The van der Waals surface area contributed by atoms with Gasteiger partial charge in [0.1, 0.15) is 0 Å². The number of Topliss-reactive ketones (excluding diaryl/α,β-unsaturated/α-hetero) is 1. The number of benzene rings is 1. The van der Waals surface area contributed by atoms with Gasteiger partial charge in [-0.15, -0.1) is 0 Å². The summed E-state index contributed by atoms with van der Waals surface area (Å²) in [5, 5.41) is 0. The summed E-state index contributed by atoms with van der Waals surface area (Å²) in [6.07, 6.45) is -0.322. The van der Waals surface area contributed by atoms with Crippen molar-refractivity contribution >= 4 is 36.1 Å². The molecule has 0 aliphatic heterocycles. The lowest BCUT2D eigenvalue weighted by Crippen LogP contribution is -2.14. The molecule has 0 heterocycles. The van der Waals surface area contributed by atoms with Gasteiger partial charge in [-0.3, -0.25) is 18.5 Å². The van der Waals surface area contributed by atoms with Gasteiger partial charge in [-0.2, -0.15) is 25.3 Å². The van der Waals surface area contributed by atoms with Crippen molar-refractivity contribution < 1.29 is 57.9 Å². The van der Waals surface area contributed by atoms with Crippen LogP contribution in [0.1, 0.15) is 43.5 Å². The number of ether oxygens (including phenoxy) is 3. The first-order valence-electron chi connectivity index (χ1n) is 10.4. The van der Waals surface area contributed by atoms with E-state index in [0.717, 1.165) is 0 Å². The van der Waals surface area contributed by atoms with Crippen molar-refractivity contribution in [2.24, 2.45) is 5.92 Å². The number of hydrogen-bond acceptors (Lipinski definition) is 10. The van der Waals surface area contributed by atoms with Gasteiger partial charge in [0.25, 0.3) is 30.4 Å². The van der Waals surface area contributed by atoms with Gasteiger partial charge in [-0.25, -0.2) is 0 Å². The molecule has 0 amide bonds. The highest BCUT2D eigenvalue weighted by Crippen LogP contribution is 2.40. The van der Waals surface area contributed by atoms with Crippen LogP contribution < -0.4 is 14.2 Å². The maximum atomic E-state index is 12.6. The molecule has 0 atom stereocenters. The molecule has 13 nitrogen and oxygen atoms in total. The van der Waals surface area contributed by atoms with Crippen molar-refractivity contribution in [1.82, 2.24) is 0 Å². The van der Waals surface area contributed by atoms with E-state index in [9.17, 15) is 30.0 Å². The zero-order valence-corrected chi connectivity index (χ0v) is 21.7. The van der Waals surface area contributed by atoms with Gasteiger partial charge < -0.3 is 14.2 Å². The molecule has 3 N–H and O–H groups in total. The summed E-state index contributed by atoms with van der Waals surface area (Å²) in [6.45, 7) is 2.67. The minimum absolute atomic E-state index is 0.0385. The van der Waals surface area contributed by atoms with E-state index in [1.54, 1.807) is 13.8 Å². The van der Waals surface area contributed by atoms with Gasteiger partial charge in [0.05, 0.1) is 37.1 Å². The molecule has 202 valence electrons. The first-order valence-corrected chi connectivity index (χ1v) is 15.3. The van der Waals surface area contributed by atoms with Crippen LogP contribution in [0, 0.1) is 5.92 Å². The summed E-state index contributed by atoms with van der Waals surface area (Å²) in [5.41, 5.74) is 0.153. The van der Waals surface area contributed by atoms with Crippen LogP contribution in [0.4, 0.5) is 0 Å². The quantitative estimate of drug-likeness (QED) is 0.140. The Balaban J connectivity index is 3.25. The highest BCUT2D eigenvalue weighted by atomic mass is 32.2. The summed E-state index contributed by atoms with van der Waals surface area (Å²) in [4.78, 5) is 12.6. The Morgan fingerprint density at radius 1 is 0.714 bits per heavy atom. The van der Waals surface area contributed by atoms with Crippen molar-refractivity contribution in [2.75, 3.05) is 37.1 Å². The Labute approximate surface area is 205 Å². The van der Waals surface area contributed by atoms with Crippen LogP contribution in [0.5, 0.6) is 17.2 Å². The van der Waals surface area contributed by atoms with Gasteiger partial charge in [0.15, 0.2) is 17.3 Å². The fourth-order valence-electron chi connectivity index (χ4n) is 2.67. The van der Waals surface area contributed by atoms with E-state index in [1.807, 2.05) is 0 Å². The van der Waals surface area contributed by atoms with Crippen molar-refractivity contribution in [2.45, 2.75) is 33.1 Å². The van der Waals surface area contributed by atoms with Crippen LogP contribution in [0.3, 0.4) is 0 Å². The zero-order chi connectivity index (χ0) is 26.9. The Kier molecular flexibility index (Phi) is 11.9. The van der Waals surface area contributed by atoms with Gasteiger partial charge in [0, 0.05) is 11.5 Å².